The van der Waals surface area contributed by atoms with Crippen molar-refractivity contribution in [2.24, 2.45) is 0 Å². The zero-order valence-electron chi connectivity index (χ0n) is 31.2. The van der Waals surface area contributed by atoms with Crippen LogP contribution in [0.4, 0.5) is 28.4 Å². The molecule has 0 aromatic heterocycles. The van der Waals surface area contributed by atoms with Crippen molar-refractivity contribution in [3.63, 3.8) is 0 Å². The third kappa shape index (κ3) is 5.02. The quantitative estimate of drug-likeness (QED) is 0.172. The fraction of sp³-hybridized carbons (Fsp3) is 0.200. The molecule has 0 radical (unpaired) electrons. The second-order valence-corrected chi connectivity index (χ2v) is 15.9. The van der Waals surface area contributed by atoms with Gasteiger partial charge in [-0.15, -0.1) is 0 Å². The highest BCUT2D eigenvalue weighted by Crippen LogP contribution is 2.53. The zero-order valence-corrected chi connectivity index (χ0v) is 31.2. The summed E-state index contributed by atoms with van der Waals surface area (Å²) in [4.78, 5) is 4.84. The van der Waals surface area contributed by atoms with Crippen LogP contribution in [-0.2, 0) is 10.8 Å². The van der Waals surface area contributed by atoms with Gasteiger partial charge in [0.05, 0.1) is 28.5 Å². The van der Waals surface area contributed by atoms with Gasteiger partial charge >= 0.3 is 0 Å². The molecule has 9 rings (SSSR count). The average Bonchev–Trinajstić information content (AvgIpc) is 3.21. The molecule has 4 heteroatoms. The smallest absolute Gasteiger partial charge is 0.101 e. The number of nitriles is 2. The number of benzene rings is 6. The van der Waals surface area contributed by atoms with E-state index < -0.39 is 0 Å². The Balaban J connectivity index is 1.03. The van der Waals surface area contributed by atoms with Gasteiger partial charge in [-0.05, 0) is 82.6 Å². The van der Waals surface area contributed by atoms with Crippen LogP contribution >= 0.6 is 0 Å². The summed E-state index contributed by atoms with van der Waals surface area (Å²) in [5.41, 5.74) is 14.5. The predicted octanol–water partition coefficient (Wildman–Crippen LogP) is 12.5. The van der Waals surface area contributed by atoms with E-state index in [-0.39, 0.29) is 22.8 Å². The highest BCUT2D eigenvalue weighted by atomic mass is 15.2. The van der Waals surface area contributed by atoms with E-state index in [2.05, 4.69) is 189 Å². The minimum atomic E-state index is -0.128. The number of para-hydroxylation sites is 4. The third-order valence-corrected chi connectivity index (χ3v) is 12.3. The Bertz CT molecular complexity index is 2460. The predicted molar refractivity (Wildman–Crippen MR) is 220 cm³/mol. The van der Waals surface area contributed by atoms with E-state index in [0.29, 0.717) is 11.1 Å². The van der Waals surface area contributed by atoms with Crippen LogP contribution in [0, 0.1) is 22.7 Å². The van der Waals surface area contributed by atoms with E-state index in [1.807, 2.05) is 6.07 Å². The summed E-state index contributed by atoms with van der Waals surface area (Å²) in [6, 6.07) is 52.4. The molecule has 3 aliphatic rings. The van der Waals surface area contributed by atoms with Gasteiger partial charge in [0.2, 0.25) is 0 Å². The molecular weight excluding hydrogens is 657 g/mol. The van der Waals surface area contributed by atoms with Crippen molar-refractivity contribution in [1.82, 2.24) is 0 Å². The zero-order chi connectivity index (χ0) is 37.2. The molecule has 1 aliphatic carbocycles. The van der Waals surface area contributed by atoms with Gasteiger partial charge in [0.15, 0.2) is 0 Å². The molecule has 0 N–H and O–H groups in total. The monoisotopic (exact) mass is 698 g/mol. The largest absolute Gasteiger partial charge is 0.334 e. The second kappa shape index (κ2) is 12.6. The number of hydrogen-bond acceptors (Lipinski definition) is 4. The Kier molecular flexibility index (Phi) is 7.84. The number of anilines is 5. The van der Waals surface area contributed by atoms with Gasteiger partial charge in [0, 0.05) is 39.4 Å². The molecule has 6 aromatic rings. The Labute approximate surface area is 318 Å². The minimum Gasteiger partial charge on any atom is -0.334 e. The maximum Gasteiger partial charge on any atom is 0.101 e. The van der Waals surface area contributed by atoms with E-state index in [4.69, 9.17) is 0 Å². The lowest BCUT2D eigenvalue weighted by atomic mass is 9.73. The van der Waals surface area contributed by atoms with E-state index in [0.717, 1.165) is 35.2 Å². The summed E-state index contributed by atoms with van der Waals surface area (Å²) >= 11 is 0. The molecule has 6 aromatic carbocycles. The van der Waals surface area contributed by atoms with E-state index in [1.165, 1.54) is 45.0 Å². The summed E-state index contributed by atoms with van der Waals surface area (Å²) in [5, 5.41) is 21.1. The maximum absolute atomic E-state index is 10.6. The molecule has 0 fully saturated rings. The van der Waals surface area contributed by atoms with Crippen molar-refractivity contribution in [2.75, 3.05) is 9.80 Å². The van der Waals surface area contributed by atoms with Crippen LogP contribution in [0.5, 0.6) is 0 Å². The molecule has 262 valence electrons. The van der Waals surface area contributed by atoms with Crippen LogP contribution in [0.2, 0.25) is 0 Å². The van der Waals surface area contributed by atoms with Crippen LogP contribution in [0.15, 0.2) is 146 Å². The van der Waals surface area contributed by atoms with Gasteiger partial charge in [-0.3, -0.25) is 0 Å². The maximum atomic E-state index is 10.6. The van der Waals surface area contributed by atoms with Crippen molar-refractivity contribution < 1.29 is 0 Å². The fourth-order valence-corrected chi connectivity index (χ4v) is 9.48. The molecule has 2 heterocycles. The first-order valence-electron chi connectivity index (χ1n) is 19.0. The SMILES string of the molecule is CC1(C)c2ccccc2N(c2ccc(-c3ccc(C4C=CC(N5c6ccccc6C(C)(C)c6ccccc65)CC4)c(C#N)c3C#N)cc2)c2ccccc21. The Morgan fingerprint density at radius 3 is 1.48 bits per heavy atom. The fourth-order valence-electron chi connectivity index (χ4n) is 9.48. The summed E-state index contributed by atoms with van der Waals surface area (Å²) in [6.45, 7) is 9.22. The summed E-state index contributed by atoms with van der Waals surface area (Å²) < 4.78 is 0. The molecule has 2 unspecified atom stereocenters. The lowest BCUT2D eigenvalue weighted by Crippen LogP contribution is -2.39. The number of fused-ring (bicyclic) bond motifs is 4. The molecular formula is C50H42N4. The standard InChI is InChI=1S/C50H42N4/c1-49(2)41-13-5-9-17-45(41)53(46-18-10-6-14-42(46)49)35-25-21-33(22-26-35)37-29-30-38(40(32-52)39(37)31-51)34-23-27-36(28-24-34)54-47-19-11-7-15-43(47)50(3,4)44-16-8-12-20-48(44)54/h5-23,25-27,29-30,34,36H,24,28H2,1-4H3. The molecule has 0 spiro atoms. The molecule has 0 saturated heterocycles. The lowest BCUT2D eigenvalue weighted by Gasteiger charge is -2.45. The van der Waals surface area contributed by atoms with Gasteiger partial charge in [0.25, 0.3) is 0 Å². The number of hydrogen-bond donors (Lipinski definition) is 0. The lowest BCUT2D eigenvalue weighted by molar-refractivity contribution is 0.563. The van der Waals surface area contributed by atoms with Crippen LogP contribution < -0.4 is 9.80 Å². The number of allylic oxidation sites excluding steroid dienone is 1. The van der Waals surface area contributed by atoms with Crippen LogP contribution in [-0.4, -0.2) is 6.04 Å². The van der Waals surface area contributed by atoms with E-state index in [9.17, 15) is 10.5 Å². The van der Waals surface area contributed by atoms with Crippen LogP contribution in [0.1, 0.15) is 85.4 Å². The van der Waals surface area contributed by atoms with Crippen LogP contribution in [0.25, 0.3) is 11.1 Å². The van der Waals surface area contributed by atoms with Crippen molar-refractivity contribution in [1.29, 1.82) is 10.5 Å². The number of rotatable bonds is 4. The molecule has 54 heavy (non-hydrogen) atoms. The average molecular weight is 699 g/mol. The topological polar surface area (TPSA) is 54.1 Å². The highest BCUT2D eigenvalue weighted by molar-refractivity contribution is 5.87. The van der Waals surface area contributed by atoms with Gasteiger partial charge in [-0.25, -0.2) is 0 Å². The summed E-state index contributed by atoms with van der Waals surface area (Å²) in [5.74, 6) is 0.0506. The van der Waals surface area contributed by atoms with Gasteiger partial charge in [-0.2, -0.15) is 10.5 Å². The van der Waals surface area contributed by atoms with Crippen LogP contribution in [0.3, 0.4) is 0 Å². The molecule has 0 bridgehead atoms. The summed E-state index contributed by atoms with van der Waals surface area (Å²) in [6.07, 6.45) is 6.40. The van der Waals surface area contributed by atoms with Gasteiger partial charge in [0.1, 0.15) is 12.1 Å². The minimum absolute atomic E-state index is 0.0506. The normalized spacial score (nSPS) is 18.7. The highest BCUT2D eigenvalue weighted by Gasteiger charge is 2.39. The Hall–Kier alpha value is -6.36. The van der Waals surface area contributed by atoms with E-state index in [1.54, 1.807) is 0 Å². The van der Waals surface area contributed by atoms with Crippen molar-refractivity contribution >= 4 is 28.4 Å². The van der Waals surface area contributed by atoms with Crippen molar-refractivity contribution in [3.8, 4) is 23.3 Å². The van der Waals surface area contributed by atoms with Crippen molar-refractivity contribution in [2.45, 2.75) is 63.3 Å². The first-order chi connectivity index (χ1) is 26.2. The molecule has 4 nitrogen and oxygen atoms in total. The Morgan fingerprint density at radius 2 is 1.00 bits per heavy atom. The first kappa shape index (κ1) is 33.5. The molecule has 0 amide bonds. The second-order valence-electron chi connectivity index (χ2n) is 15.9. The molecule has 2 atom stereocenters. The molecule has 0 saturated carbocycles. The van der Waals surface area contributed by atoms with E-state index >= 15 is 0 Å². The van der Waals surface area contributed by atoms with Crippen molar-refractivity contribution in [3.05, 3.63) is 185 Å². The van der Waals surface area contributed by atoms with Gasteiger partial charge < -0.3 is 9.80 Å². The first-order valence-corrected chi connectivity index (χ1v) is 19.0. The third-order valence-electron chi connectivity index (χ3n) is 12.3. The molecule has 2 aliphatic heterocycles. The van der Waals surface area contributed by atoms with Gasteiger partial charge in [-0.1, -0.05) is 137 Å². The summed E-state index contributed by atoms with van der Waals surface area (Å²) in [7, 11) is 0. The number of nitrogens with zero attached hydrogens (tertiary/aromatic N) is 4. The Morgan fingerprint density at radius 1 is 0.519 bits per heavy atom.